The topological polar surface area (TPSA) is 67.0 Å². The Hall–Kier alpha value is -1.20. The maximum atomic E-state index is 12.0. The Balaban J connectivity index is 2.46. The number of hydrogen-bond donors (Lipinski definition) is 2. The normalized spacial score (nSPS) is 17.3. The maximum absolute atomic E-state index is 12.0. The van der Waals surface area contributed by atoms with Crippen LogP contribution in [0.5, 0.6) is 0 Å². The predicted molar refractivity (Wildman–Crippen MR) is 69.5 cm³/mol. The van der Waals surface area contributed by atoms with E-state index in [4.69, 9.17) is 4.74 Å². The minimum absolute atomic E-state index is 0.0477. The van der Waals surface area contributed by atoms with Crippen LogP contribution in [0.15, 0.2) is 4.79 Å². The summed E-state index contributed by atoms with van der Waals surface area (Å²) in [5.41, 5.74) is 1.51. The van der Waals surface area contributed by atoms with Crippen molar-refractivity contribution in [3.8, 4) is 0 Å². The highest BCUT2D eigenvalue weighted by molar-refractivity contribution is 5.21. The molecule has 2 rings (SSSR count). The molecule has 1 aliphatic heterocycles. The number of aromatic nitrogens is 2. The average Bonchev–Trinajstić information content (AvgIpc) is 2.28. The van der Waals surface area contributed by atoms with Crippen LogP contribution >= 0.6 is 0 Å². The van der Waals surface area contributed by atoms with E-state index in [0.717, 1.165) is 24.2 Å². The lowest BCUT2D eigenvalue weighted by Gasteiger charge is -2.29. The van der Waals surface area contributed by atoms with Crippen molar-refractivity contribution >= 4 is 0 Å². The van der Waals surface area contributed by atoms with Gasteiger partial charge in [-0.25, -0.2) is 4.98 Å². The molecule has 2 heterocycles. The van der Waals surface area contributed by atoms with E-state index in [1.807, 2.05) is 0 Å². The zero-order chi connectivity index (χ0) is 13.3. The van der Waals surface area contributed by atoms with Gasteiger partial charge in [-0.3, -0.25) is 4.79 Å². The van der Waals surface area contributed by atoms with Crippen molar-refractivity contribution in [2.24, 2.45) is 5.41 Å². The van der Waals surface area contributed by atoms with E-state index in [0.29, 0.717) is 12.4 Å². The Morgan fingerprint density at radius 1 is 1.39 bits per heavy atom. The summed E-state index contributed by atoms with van der Waals surface area (Å²) < 4.78 is 5.50. The number of hydrogen-bond acceptors (Lipinski definition) is 4. The summed E-state index contributed by atoms with van der Waals surface area (Å²) in [4.78, 5) is 19.5. The van der Waals surface area contributed by atoms with Crippen LogP contribution in [0.2, 0.25) is 0 Å². The minimum atomic E-state index is -0.203. The van der Waals surface area contributed by atoms with Crippen molar-refractivity contribution in [2.45, 2.75) is 39.8 Å². The first-order valence-corrected chi connectivity index (χ1v) is 6.29. The molecule has 0 bridgehead atoms. The largest absolute Gasteiger partial charge is 0.373 e. The van der Waals surface area contributed by atoms with Crippen molar-refractivity contribution in [1.29, 1.82) is 0 Å². The molecule has 0 saturated heterocycles. The predicted octanol–water partition coefficient (Wildman–Crippen LogP) is 1.15. The van der Waals surface area contributed by atoms with E-state index in [2.05, 4.69) is 36.1 Å². The van der Waals surface area contributed by atoms with Gasteiger partial charge in [0.15, 0.2) is 0 Å². The quantitative estimate of drug-likeness (QED) is 0.827. The molecule has 5 nitrogen and oxygen atoms in total. The average molecular weight is 251 g/mol. The molecule has 1 aromatic rings. The number of methoxy groups -OCH3 is 1. The lowest BCUT2D eigenvalue weighted by Crippen LogP contribution is -2.34. The monoisotopic (exact) mass is 251 g/mol. The Kier molecular flexibility index (Phi) is 3.54. The molecular weight excluding hydrogens is 230 g/mol. The van der Waals surface area contributed by atoms with Crippen LogP contribution in [0.4, 0.5) is 0 Å². The van der Waals surface area contributed by atoms with Gasteiger partial charge in [-0.2, -0.15) is 0 Å². The number of fused-ring (bicyclic) bond motifs is 1. The van der Waals surface area contributed by atoms with Crippen LogP contribution in [-0.4, -0.2) is 23.6 Å². The fourth-order valence-electron chi connectivity index (χ4n) is 2.37. The van der Waals surface area contributed by atoms with Crippen molar-refractivity contribution in [3.63, 3.8) is 0 Å². The van der Waals surface area contributed by atoms with Gasteiger partial charge in [0.1, 0.15) is 11.9 Å². The van der Waals surface area contributed by atoms with Crippen molar-refractivity contribution in [3.05, 3.63) is 27.4 Å². The summed E-state index contributed by atoms with van der Waals surface area (Å²) >= 11 is 0. The standard InChI is InChI=1S/C13H21N3O2/c1-13(2,3)10(18-4)11-15-9-5-6-14-7-8(9)12(17)16-11/h10,14H,5-7H2,1-4H3,(H,15,16,17). The summed E-state index contributed by atoms with van der Waals surface area (Å²) in [5, 5.41) is 3.18. The first kappa shape index (κ1) is 13.2. The number of H-pyrrole nitrogens is 1. The lowest BCUT2D eigenvalue weighted by atomic mass is 9.88. The molecule has 1 aromatic heterocycles. The third-order valence-electron chi connectivity index (χ3n) is 3.23. The summed E-state index contributed by atoms with van der Waals surface area (Å²) in [7, 11) is 1.65. The zero-order valence-electron chi connectivity index (χ0n) is 11.5. The van der Waals surface area contributed by atoms with E-state index in [9.17, 15) is 4.79 Å². The van der Waals surface area contributed by atoms with Gasteiger partial charge in [-0.15, -0.1) is 0 Å². The molecule has 0 saturated carbocycles. The second-order valence-electron chi connectivity index (χ2n) is 5.78. The molecule has 100 valence electrons. The highest BCUT2D eigenvalue weighted by Crippen LogP contribution is 2.33. The summed E-state index contributed by atoms with van der Waals surface area (Å²) in [6.07, 6.45) is 0.595. The summed E-state index contributed by atoms with van der Waals surface area (Å²) in [6, 6.07) is 0. The van der Waals surface area contributed by atoms with Crippen molar-refractivity contribution < 1.29 is 4.74 Å². The molecule has 1 unspecified atom stereocenters. The Morgan fingerprint density at radius 3 is 2.72 bits per heavy atom. The summed E-state index contributed by atoms with van der Waals surface area (Å²) in [5.74, 6) is 0.635. The molecule has 5 heteroatoms. The number of nitrogens with zero attached hydrogens (tertiary/aromatic N) is 1. The first-order valence-electron chi connectivity index (χ1n) is 6.29. The van der Waals surface area contributed by atoms with Crippen LogP contribution in [-0.2, 0) is 17.7 Å². The van der Waals surface area contributed by atoms with E-state index in [1.54, 1.807) is 7.11 Å². The van der Waals surface area contributed by atoms with Gasteiger partial charge < -0.3 is 15.0 Å². The van der Waals surface area contributed by atoms with E-state index in [1.165, 1.54) is 0 Å². The van der Waals surface area contributed by atoms with Gasteiger partial charge in [0.25, 0.3) is 5.56 Å². The molecule has 1 atom stereocenters. The number of ether oxygens (including phenoxy) is 1. The number of nitrogens with one attached hydrogen (secondary N) is 2. The molecule has 0 amide bonds. The van der Waals surface area contributed by atoms with E-state index < -0.39 is 0 Å². The van der Waals surface area contributed by atoms with Gasteiger partial charge >= 0.3 is 0 Å². The van der Waals surface area contributed by atoms with E-state index >= 15 is 0 Å². The molecule has 18 heavy (non-hydrogen) atoms. The smallest absolute Gasteiger partial charge is 0.255 e. The van der Waals surface area contributed by atoms with Crippen LogP contribution in [0.1, 0.15) is 44.0 Å². The van der Waals surface area contributed by atoms with Crippen molar-refractivity contribution in [2.75, 3.05) is 13.7 Å². The van der Waals surface area contributed by atoms with E-state index in [-0.39, 0.29) is 17.1 Å². The number of aromatic amines is 1. The first-order chi connectivity index (χ1) is 8.43. The molecule has 0 aliphatic carbocycles. The lowest BCUT2D eigenvalue weighted by molar-refractivity contribution is 0.00825. The molecule has 0 spiro atoms. The third-order valence-corrected chi connectivity index (χ3v) is 3.23. The summed E-state index contributed by atoms with van der Waals surface area (Å²) in [6.45, 7) is 7.69. The van der Waals surface area contributed by atoms with Gasteiger partial charge in [-0.1, -0.05) is 20.8 Å². The third kappa shape index (κ3) is 2.47. The van der Waals surface area contributed by atoms with Gasteiger partial charge in [0.2, 0.25) is 0 Å². The fraction of sp³-hybridized carbons (Fsp3) is 0.692. The second-order valence-corrected chi connectivity index (χ2v) is 5.78. The minimum Gasteiger partial charge on any atom is -0.373 e. The Labute approximate surface area is 107 Å². The second kappa shape index (κ2) is 4.82. The molecular formula is C13H21N3O2. The van der Waals surface area contributed by atoms with Crippen LogP contribution in [0.25, 0.3) is 0 Å². The molecule has 0 fully saturated rings. The molecule has 0 radical (unpaired) electrons. The highest BCUT2D eigenvalue weighted by atomic mass is 16.5. The highest BCUT2D eigenvalue weighted by Gasteiger charge is 2.29. The van der Waals surface area contributed by atoms with Gasteiger partial charge in [0.05, 0.1) is 11.3 Å². The fourth-order valence-corrected chi connectivity index (χ4v) is 2.37. The molecule has 0 aromatic carbocycles. The zero-order valence-corrected chi connectivity index (χ0v) is 11.5. The van der Waals surface area contributed by atoms with Crippen LogP contribution < -0.4 is 10.9 Å². The van der Waals surface area contributed by atoms with Crippen molar-refractivity contribution in [1.82, 2.24) is 15.3 Å². The maximum Gasteiger partial charge on any atom is 0.255 e. The molecule has 2 N–H and O–H groups in total. The number of rotatable bonds is 2. The van der Waals surface area contributed by atoms with Gasteiger partial charge in [0, 0.05) is 26.6 Å². The SMILES string of the molecule is COC(c1nc2c(c(=O)[nH]1)CNCC2)C(C)(C)C. The van der Waals surface area contributed by atoms with Crippen LogP contribution in [0, 0.1) is 5.41 Å². The Morgan fingerprint density at radius 2 is 2.11 bits per heavy atom. The molecule has 1 aliphatic rings. The van der Waals surface area contributed by atoms with Gasteiger partial charge in [-0.05, 0) is 5.41 Å². The van der Waals surface area contributed by atoms with Crippen LogP contribution in [0.3, 0.4) is 0 Å². The Bertz CT molecular complexity index is 488.